The molecule has 0 atom stereocenters. The average molecular weight is 518 g/mol. The Morgan fingerprint density at radius 3 is 2.50 bits per heavy atom. The number of aromatic nitrogens is 4. The van der Waals surface area contributed by atoms with Crippen LogP contribution in [0.3, 0.4) is 0 Å². The highest BCUT2D eigenvalue weighted by Crippen LogP contribution is 2.30. The summed E-state index contributed by atoms with van der Waals surface area (Å²) in [5.74, 6) is 0.989. The van der Waals surface area contributed by atoms with E-state index in [4.69, 9.17) is 20.0 Å². The van der Waals surface area contributed by atoms with E-state index in [2.05, 4.69) is 31.0 Å². The minimum atomic E-state index is -0.180. The van der Waals surface area contributed by atoms with Gasteiger partial charge in [-0.15, -0.1) is 22.6 Å². The van der Waals surface area contributed by atoms with Crippen molar-refractivity contribution in [3.8, 4) is 11.6 Å². The maximum Gasteiger partial charge on any atom is 0.242 e. The van der Waals surface area contributed by atoms with Gasteiger partial charge in [0.15, 0.2) is 11.4 Å². The van der Waals surface area contributed by atoms with Gasteiger partial charge in [0.1, 0.15) is 12.3 Å². The van der Waals surface area contributed by atoms with Crippen LogP contribution in [-0.2, 0) is 24.8 Å². The monoisotopic (exact) mass is 517 g/mol. The number of aryl methyl sites for hydroxylation is 1. The molecule has 0 unspecified atom stereocenters. The highest BCUT2D eigenvalue weighted by atomic mass is 35.5. The standard InChI is InChI=1S/C26H35N5O4.ClH/c1-5-34-24-21-10-7-6-9-20(21)23-28-30(25(27)31(23)29-24)16-22(33)17-13-18(26(2,3)4)15-19(14-17)35-12-8-11-32;/h13-15,27,32H,5-12,16H2,1-4H3;1H. The fraction of sp³-hybridized carbons (Fsp3) is 0.538. The van der Waals surface area contributed by atoms with Crippen LogP contribution in [0.15, 0.2) is 18.2 Å². The number of carbonyl (C=O) groups excluding carboxylic acids is 1. The fourth-order valence-corrected chi connectivity index (χ4v) is 4.36. The van der Waals surface area contributed by atoms with E-state index >= 15 is 0 Å². The van der Waals surface area contributed by atoms with E-state index in [1.54, 1.807) is 6.07 Å². The topological polar surface area (TPSA) is 115 Å². The SMILES string of the molecule is CCOc1nn2c(=N)n(CC(=O)c3cc(OCCCO)cc(C(C)(C)C)c3)nc2c2c1CCCC2.Cl. The van der Waals surface area contributed by atoms with Crippen molar-refractivity contribution in [2.24, 2.45) is 0 Å². The molecule has 0 saturated carbocycles. The van der Waals surface area contributed by atoms with E-state index in [1.807, 2.05) is 19.1 Å². The number of nitrogens with one attached hydrogen (secondary N) is 1. The summed E-state index contributed by atoms with van der Waals surface area (Å²) < 4.78 is 14.5. The molecule has 3 aromatic rings. The van der Waals surface area contributed by atoms with Crippen molar-refractivity contribution in [2.45, 2.75) is 71.8 Å². The van der Waals surface area contributed by atoms with Crippen molar-refractivity contribution in [1.29, 1.82) is 5.41 Å². The molecule has 1 aromatic carbocycles. The molecule has 1 aliphatic carbocycles. The molecule has 0 spiro atoms. The van der Waals surface area contributed by atoms with E-state index in [0.717, 1.165) is 42.4 Å². The Balaban J connectivity index is 0.00000361. The molecular weight excluding hydrogens is 482 g/mol. The quantitative estimate of drug-likeness (QED) is 0.331. The number of Topliss-reactive ketones (excluding diaryl/α,β-unsaturated/α-hetero) is 1. The second kappa shape index (κ2) is 11.4. The maximum absolute atomic E-state index is 13.4. The minimum absolute atomic E-state index is 0. The second-order valence-electron chi connectivity index (χ2n) is 9.96. The van der Waals surface area contributed by atoms with Crippen LogP contribution in [0.25, 0.3) is 5.65 Å². The zero-order chi connectivity index (χ0) is 25.2. The van der Waals surface area contributed by atoms with Gasteiger partial charge in [-0.25, -0.2) is 4.68 Å². The third-order valence-corrected chi connectivity index (χ3v) is 6.29. The predicted octanol–water partition coefficient (Wildman–Crippen LogP) is 3.65. The zero-order valence-corrected chi connectivity index (χ0v) is 22.3. The second-order valence-corrected chi connectivity index (χ2v) is 9.96. The molecule has 9 nitrogen and oxygen atoms in total. The van der Waals surface area contributed by atoms with Crippen LogP contribution >= 0.6 is 12.4 Å². The lowest BCUT2D eigenvalue weighted by atomic mass is 9.85. The summed E-state index contributed by atoms with van der Waals surface area (Å²) in [7, 11) is 0. The van der Waals surface area contributed by atoms with E-state index in [0.29, 0.717) is 42.5 Å². The van der Waals surface area contributed by atoms with Gasteiger partial charge in [0, 0.05) is 29.7 Å². The molecule has 0 saturated heterocycles. The first-order valence-electron chi connectivity index (χ1n) is 12.3. The van der Waals surface area contributed by atoms with Crippen LogP contribution < -0.4 is 15.1 Å². The van der Waals surface area contributed by atoms with Gasteiger partial charge in [-0.05, 0) is 61.8 Å². The number of benzene rings is 1. The molecule has 0 bridgehead atoms. The van der Waals surface area contributed by atoms with Crippen LogP contribution in [0.4, 0.5) is 0 Å². The molecule has 1 aliphatic rings. The lowest BCUT2D eigenvalue weighted by Crippen LogP contribution is -2.27. The molecule has 2 N–H and O–H groups in total. The largest absolute Gasteiger partial charge is 0.493 e. The number of aliphatic hydroxyl groups is 1. The van der Waals surface area contributed by atoms with Crippen molar-refractivity contribution in [3.05, 3.63) is 46.1 Å². The number of hydrogen-bond donors (Lipinski definition) is 2. The van der Waals surface area contributed by atoms with Gasteiger partial charge in [-0.1, -0.05) is 20.8 Å². The lowest BCUT2D eigenvalue weighted by Gasteiger charge is -2.21. The lowest BCUT2D eigenvalue weighted by molar-refractivity contribution is 0.0964. The van der Waals surface area contributed by atoms with E-state index in [9.17, 15) is 4.79 Å². The number of ketones is 1. The molecule has 10 heteroatoms. The zero-order valence-electron chi connectivity index (χ0n) is 21.5. The number of carbonyl (C=O) groups is 1. The number of rotatable bonds is 9. The highest BCUT2D eigenvalue weighted by Gasteiger charge is 2.24. The summed E-state index contributed by atoms with van der Waals surface area (Å²) in [4.78, 5) is 13.4. The summed E-state index contributed by atoms with van der Waals surface area (Å²) in [5, 5.41) is 26.9. The molecule has 4 rings (SSSR count). The van der Waals surface area contributed by atoms with E-state index < -0.39 is 0 Å². The van der Waals surface area contributed by atoms with Gasteiger partial charge in [0.05, 0.1) is 13.2 Å². The Kier molecular flexibility index (Phi) is 8.79. The smallest absolute Gasteiger partial charge is 0.242 e. The number of hydrogen-bond acceptors (Lipinski definition) is 7. The van der Waals surface area contributed by atoms with Gasteiger partial charge in [-0.2, -0.15) is 4.52 Å². The molecule has 196 valence electrons. The van der Waals surface area contributed by atoms with Gasteiger partial charge in [-0.3, -0.25) is 10.2 Å². The first kappa shape index (κ1) is 27.7. The van der Waals surface area contributed by atoms with Crippen molar-refractivity contribution in [1.82, 2.24) is 19.4 Å². The third-order valence-electron chi connectivity index (χ3n) is 6.29. The molecule has 0 fully saturated rings. The van der Waals surface area contributed by atoms with E-state index in [-0.39, 0.29) is 42.4 Å². The molecule has 0 amide bonds. The number of fused-ring (bicyclic) bond motifs is 3. The fourth-order valence-electron chi connectivity index (χ4n) is 4.36. The van der Waals surface area contributed by atoms with Crippen LogP contribution in [0.2, 0.25) is 0 Å². The summed E-state index contributed by atoms with van der Waals surface area (Å²) in [6, 6.07) is 5.55. The Hall–Kier alpha value is -2.91. The third kappa shape index (κ3) is 5.73. The van der Waals surface area contributed by atoms with Crippen molar-refractivity contribution in [2.75, 3.05) is 19.8 Å². The first-order valence-corrected chi connectivity index (χ1v) is 12.3. The molecule has 2 aromatic heterocycles. The number of aliphatic hydroxyl groups excluding tert-OH is 1. The first-order chi connectivity index (χ1) is 16.7. The summed E-state index contributed by atoms with van der Waals surface area (Å²) in [6.07, 6.45) is 4.38. The maximum atomic E-state index is 13.4. The summed E-state index contributed by atoms with van der Waals surface area (Å²) in [6.45, 7) is 9.00. The number of halogens is 1. The van der Waals surface area contributed by atoms with Gasteiger partial charge >= 0.3 is 0 Å². The van der Waals surface area contributed by atoms with Gasteiger partial charge in [0.25, 0.3) is 0 Å². The van der Waals surface area contributed by atoms with Gasteiger partial charge in [0.2, 0.25) is 11.5 Å². The molecule has 0 radical (unpaired) electrons. The molecular formula is C26H36ClN5O4. The Bertz CT molecular complexity index is 1290. The van der Waals surface area contributed by atoms with Crippen molar-refractivity contribution < 1.29 is 19.4 Å². The summed E-state index contributed by atoms with van der Waals surface area (Å²) >= 11 is 0. The Morgan fingerprint density at radius 2 is 1.83 bits per heavy atom. The van der Waals surface area contributed by atoms with Crippen LogP contribution in [0.5, 0.6) is 11.6 Å². The average Bonchev–Trinajstić information content (AvgIpc) is 3.14. The molecule has 0 aliphatic heterocycles. The predicted molar refractivity (Wildman–Crippen MR) is 139 cm³/mol. The minimum Gasteiger partial charge on any atom is -0.493 e. The van der Waals surface area contributed by atoms with Crippen LogP contribution in [0.1, 0.15) is 74.0 Å². The summed E-state index contributed by atoms with van der Waals surface area (Å²) in [5.41, 5.74) is 4.09. The number of ether oxygens (including phenoxy) is 2. The normalized spacial score (nSPS) is 13.2. The Morgan fingerprint density at radius 1 is 1.11 bits per heavy atom. The van der Waals surface area contributed by atoms with Gasteiger partial charge < -0.3 is 14.6 Å². The molecule has 2 heterocycles. The number of nitrogens with zero attached hydrogens (tertiary/aromatic N) is 4. The van der Waals surface area contributed by atoms with Crippen molar-refractivity contribution >= 4 is 23.8 Å². The van der Waals surface area contributed by atoms with Crippen molar-refractivity contribution in [3.63, 3.8) is 0 Å². The van der Waals surface area contributed by atoms with Crippen LogP contribution in [-0.4, -0.2) is 50.1 Å². The molecule has 36 heavy (non-hydrogen) atoms. The highest BCUT2D eigenvalue weighted by molar-refractivity contribution is 5.96. The Labute approximate surface area is 217 Å². The van der Waals surface area contributed by atoms with E-state index in [1.165, 1.54) is 9.20 Å². The van der Waals surface area contributed by atoms with Crippen LogP contribution in [0, 0.1) is 5.41 Å².